The lowest BCUT2D eigenvalue weighted by Gasteiger charge is -2.29. The number of hydrogen-bond donors (Lipinski definition) is 0. The van der Waals surface area contributed by atoms with Gasteiger partial charge in [0.15, 0.2) is 0 Å². The normalized spacial score (nSPS) is 12.7. The monoisotopic (exact) mass is 465 g/mol. The molecule has 0 aliphatic carbocycles. The molecule has 192 valence electrons. The molecule has 2 rings (SSSR count). The Morgan fingerprint density at radius 2 is 1.59 bits per heavy atom. The molecule has 2 aromatic carbocycles. The molecule has 0 spiro atoms. The average Bonchev–Trinajstić information content (AvgIpc) is 2.81. The molecule has 0 aliphatic heterocycles. The second-order valence-corrected chi connectivity index (χ2v) is 10.4. The zero-order valence-electron chi connectivity index (χ0n) is 24.7. The SMILES string of the molecule is C=Cc1cc(C)cc(C(C)(C)CC)c1CC(C)CCC.CC.Cc1ccccc1C(C)N(C)C. The van der Waals surface area contributed by atoms with Crippen LogP contribution in [0.25, 0.3) is 6.08 Å². The van der Waals surface area contributed by atoms with Gasteiger partial charge in [0, 0.05) is 6.04 Å². The molecule has 34 heavy (non-hydrogen) atoms. The molecule has 2 atom stereocenters. The van der Waals surface area contributed by atoms with E-state index >= 15 is 0 Å². The fraction of sp³-hybridized carbons (Fsp3) is 0.576. The Morgan fingerprint density at radius 1 is 1.00 bits per heavy atom. The van der Waals surface area contributed by atoms with Crippen LogP contribution in [0.5, 0.6) is 0 Å². The summed E-state index contributed by atoms with van der Waals surface area (Å²) in [5, 5.41) is 0. The summed E-state index contributed by atoms with van der Waals surface area (Å²) in [6.45, 7) is 26.3. The van der Waals surface area contributed by atoms with Gasteiger partial charge in [0.25, 0.3) is 0 Å². The van der Waals surface area contributed by atoms with E-state index in [9.17, 15) is 0 Å². The molecule has 0 saturated carbocycles. The van der Waals surface area contributed by atoms with Crippen LogP contribution in [0.1, 0.15) is 114 Å². The Hall–Kier alpha value is -1.86. The number of hydrogen-bond acceptors (Lipinski definition) is 1. The molecule has 0 N–H and O–H groups in total. The predicted molar refractivity (Wildman–Crippen MR) is 157 cm³/mol. The van der Waals surface area contributed by atoms with E-state index in [1.54, 1.807) is 0 Å². The van der Waals surface area contributed by atoms with Crippen LogP contribution in [0.4, 0.5) is 0 Å². The Morgan fingerprint density at radius 3 is 2.06 bits per heavy atom. The molecule has 0 bridgehead atoms. The number of rotatable bonds is 9. The fourth-order valence-electron chi connectivity index (χ4n) is 4.33. The van der Waals surface area contributed by atoms with Gasteiger partial charge in [-0.05, 0) is 86.9 Å². The summed E-state index contributed by atoms with van der Waals surface area (Å²) in [5.74, 6) is 0.743. The largest absolute Gasteiger partial charge is 0.303 e. The van der Waals surface area contributed by atoms with Gasteiger partial charge in [0.05, 0.1) is 0 Å². The van der Waals surface area contributed by atoms with E-state index in [1.807, 2.05) is 19.9 Å². The van der Waals surface area contributed by atoms with E-state index in [1.165, 1.54) is 59.1 Å². The van der Waals surface area contributed by atoms with Gasteiger partial charge in [-0.3, -0.25) is 0 Å². The van der Waals surface area contributed by atoms with Crippen molar-refractivity contribution in [1.82, 2.24) is 4.90 Å². The summed E-state index contributed by atoms with van der Waals surface area (Å²) >= 11 is 0. The molecule has 0 amide bonds. The number of nitrogens with zero attached hydrogens (tertiary/aromatic N) is 1. The van der Waals surface area contributed by atoms with E-state index in [4.69, 9.17) is 0 Å². The lowest BCUT2D eigenvalue weighted by Crippen LogP contribution is -2.20. The number of aryl methyl sites for hydroxylation is 2. The zero-order valence-corrected chi connectivity index (χ0v) is 24.7. The molecule has 0 radical (unpaired) electrons. The predicted octanol–water partition coefficient (Wildman–Crippen LogP) is 9.95. The van der Waals surface area contributed by atoms with Crippen LogP contribution >= 0.6 is 0 Å². The van der Waals surface area contributed by atoms with Crippen LogP contribution in [0, 0.1) is 19.8 Å². The summed E-state index contributed by atoms with van der Waals surface area (Å²) < 4.78 is 0. The standard InChI is InChI=1S/C20H32.C11H17N.C2H6/c1-8-11-15(4)13-18-17(9-2)12-16(5)14-19(18)20(6,7)10-3;1-9-7-5-6-8-11(9)10(2)12(3)4;1-2/h9,12,14-15H,2,8,10-11,13H2,1,3-7H3;5-8,10H,1-4H3;1-2H3. The summed E-state index contributed by atoms with van der Waals surface area (Å²) in [4.78, 5) is 2.22. The Bertz CT molecular complexity index is 844. The molecule has 1 nitrogen and oxygen atoms in total. The third-order valence-corrected chi connectivity index (χ3v) is 7.01. The van der Waals surface area contributed by atoms with Gasteiger partial charge < -0.3 is 4.90 Å². The average molecular weight is 466 g/mol. The molecular formula is C33H55N. The van der Waals surface area contributed by atoms with Crippen LogP contribution in [-0.2, 0) is 11.8 Å². The van der Waals surface area contributed by atoms with Crippen molar-refractivity contribution in [2.75, 3.05) is 14.1 Å². The van der Waals surface area contributed by atoms with E-state index in [-0.39, 0.29) is 5.41 Å². The zero-order chi connectivity index (χ0) is 26.5. The first-order valence-corrected chi connectivity index (χ1v) is 13.5. The van der Waals surface area contributed by atoms with Crippen LogP contribution in [0.2, 0.25) is 0 Å². The van der Waals surface area contributed by atoms with E-state index in [0.717, 1.165) is 5.92 Å². The molecule has 0 saturated heterocycles. The van der Waals surface area contributed by atoms with E-state index in [2.05, 4.69) is 117 Å². The minimum absolute atomic E-state index is 0.241. The maximum absolute atomic E-state index is 4.03. The molecule has 0 heterocycles. The topological polar surface area (TPSA) is 3.24 Å². The summed E-state index contributed by atoms with van der Waals surface area (Å²) in [6.07, 6.45) is 6.95. The van der Waals surface area contributed by atoms with Gasteiger partial charge in [-0.15, -0.1) is 0 Å². The third-order valence-electron chi connectivity index (χ3n) is 7.01. The van der Waals surface area contributed by atoms with Crippen LogP contribution in [0.3, 0.4) is 0 Å². The lowest BCUT2D eigenvalue weighted by molar-refractivity contribution is 0.320. The summed E-state index contributed by atoms with van der Waals surface area (Å²) in [6, 6.07) is 13.7. The molecule has 0 fully saturated rings. The molecular weight excluding hydrogens is 410 g/mol. The van der Waals surface area contributed by atoms with Crippen molar-refractivity contribution in [2.45, 2.75) is 106 Å². The first-order valence-electron chi connectivity index (χ1n) is 13.5. The quantitative estimate of drug-likeness (QED) is 0.356. The Labute approximate surface area is 213 Å². The maximum Gasteiger partial charge on any atom is 0.0316 e. The molecule has 2 unspecified atom stereocenters. The highest BCUT2D eigenvalue weighted by molar-refractivity contribution is 5.57. The van der Waals surface area contributed by atoms with Gasteiger partial charge in [-0.1, -0.05) is 116 Å². The summed E-state index contributed by atoms with van der Waals surface area (Å²) in [7, 11) is 4.22. The third kappa shape index (κ3) is 9.79. The van der Waals surface area contributed by atoms with Crippen molar-refractivity contribution in [3.05, 3.63) is 76.4 Å². The van der Waals surface area contributed by atoms with Gasteiger partial charge in [-0.25, -0.2) is 0 Å². The molecule has 2 aromatic rings. The summed E-state index contributed by atoms with van der Waals surface area (Å²) in [5.41, 5.74) is 8.77. The van der Waals surface area contributed by atoms with Crippen molar-refractivity contribution < 1.29 is 0 Å². The van der Waals surface area contributed by atoms with E-state index < -0.39 is 0 Å². The van der Waals surface area contributed by atoms with Crippen LogP contribution in [0.15, 0.2) is 43.0 Å². The van der Waals surface area contributed by atoms with Gasteiger partial charge >= 0.3 is 0 Å². The lowest BCUT2D eigenvalue weighted by atomic mass is 9.75. The second-order valence-electron chi connectivity index (χ2n) is 10.4. The molecule has 1 heteroatoms. The first kappa shape index (κ1) is 32.1. The van der Waals surface area contributed by atoms with Crippen molar-refractivity contribution in [1.29, 1.82) is 0 Å². The van der Waals surface area contributed by atoms with E-state index in [0.29, 0.717) is 6.04 Å². The van der Waals surface area contributed by atoms with Crippen LogP contribution < -0.4 is 0 Å². The van der Waals surface area contributed by atoms with Crippen LogP contribution in [-0.4, -0.2) is 19.0 Å². The minimum atomic E-state index is 0.241. The van der Waals surface area contributed by atoms with Gasteiger partial charge in [0.1, 0.15) is 0 Å². The van der Waals surface area contributed by atoms with Gasteiger partial charge in [-0.2, -0.15) is 0 Å². The van der Waals surface area contributed by atoms with Crippen molar-refractivity contribution in [3.63, 3.8) is 0 Å². The smallest absolute Gasteiger partial charge is 0.0316 e. The highest BCUT2D eigenvalue weighted by Gasteiger charge is 2.24. The van der Waals surface area contributed by atoms with Crippen molar-refractivity contribution >= 4 is 6.08 Å². The molecule has 0 aliphatic rings. The maximum atomic E-state index is 4.03. The Balaban J connectivity index is 0.000000662. The Kier molecular flexibility index (Phi) is 15.1. The van der Waals surface area contributed by atoms with Crippen molar-refractivity contribution in [2.24, 2.45) is 5.92 Å². The first-order chi connectivity index (χ1) is 16.0. The second kappa shape index (κ2) is 15.9. The van der Waals surface area contributed by atoms with Gasteiger partial charge in [0.2, 0.25) is 0 Å². The minimum Gasteiger partial charge on any atom is -0.303 e. The fourth-order valence-corrected chi connectivity index (χ4v) is 4.33. The highest BCUT2D eigenvalue weighted by Crippen LogP contribution is 2.34. The number of benzene rings is 2. The van der Waals surface area contributed by atoms with Crippen molar-refractivity contribution in [3.8, 4) is 0 Å². The highest BCUT2D eigenvalue weighted by atomic mass is 15.1. The molecule has 0 aromatic heterocycles.